The van der Waals surface area contributed by atoms with Crippen molar-refractivity contribution >= 4 is 5.97 Å². The molecule has 0 aliphatic rings. The summed E-state index contributed by atoms with van der Waals surface area (Å²) in [4.78, 5) is 10.2. The van der Waals surface area contributed by atoms with Crippen LogP contribution in [0, 0.1) is 0 Å². The van der Waals surface area contributed by atoms with E-state index in [2.05, 4.69) is 46.8 Å². The third-order valence-corrected chi connectivity index (χ3v) is 8.09. The molecule has 0 amide bonds. The van der Waals surface area contributed by atoms with Gasteiger partial charge in [-0.15, -0.1) is 0 Å². The number of carboxylic acid groups (broad SMARTS) is 1. The second-order valence-electron chi connectivity index (χ2n) is 12.1. The van der Waals surface area contributed by atoms with Gasteiger partial charge >= 0.3 is 0 Å². The number of carbonyl (C=O) groups excluding carboxylic acids is 1. The van der Waals surface area contributed by atoms with Crippen LogP contribution in [0.1, 0.15) is 189 Å². The van der Waals surface area contributed by atoms with Gasteiger partial charge in [-0.25, -0.2) is 0 Å². The van der Waals surface area contributed by atoms with Crippen LogP contribution >= 0.6 is 0 Å². The van der Waals surface area contributed by atoms with Crippen molar-refractivity contribution in [2.45, 2.75) is 189 Å². The lowest BCUT2D eigenvalue weighted by Crippen LogP contribution is -2.50. The Kier molecular flexibility index (Phi) is 34.5. The first-order chi connectivity index (χ1) is 19.0. The summed E-state index contributed by atoms with van der Waals surface area (Å²) in [6.07, 6.45) is 34.9. The van der Waals surface area contributed by atoms with Gasteiger partial charge in [-0.05, 0) is 70.6 Å². The standard InChI is InChI=1S/C18H40N.C18H34O2/c1-5-9-13-14-18-19(15-10-6-2,16-11-7-3)17-12-8-4;1-2-3-4-5-6-7-8-9-10-11-12-13-14-15-16-17-18(19)20/h5-18H2,1-4H3;9-10H,2-8,11-17H2,1H3,(H,19,20)/q+1;/p-1. The Morgan fingerprint density at radius 2 is 0.795 bits per heavy atom. The fraction of sp³-hybridized carbons (Fsp3) is 0.917. The monoisotopic (exact) mass is 552 g/mol. The molecule has 3 heteroatoms. The molecule has 39 heavy (non-hydrogen) atoms. The summed E-state index contributed by atoms with van der Waals surface area (Å²) in [5, 5.41) is 10.2. The van der Waals surface area contributed by atoms with Crippen molar-refractivity contribution in [2.24, 2.45) is 0 Å². The Morgan fingerprint density at radius 1 is 0.462 bits per heavy atom. The number of rotatable bonds is 29. The fourth-order valence-corrected chi connectivity index (χ4v) is 5.37. The summed E-state index contributed by atoms with van der Waals surface area (Å²) in [6, 6.07) is 0. The van der Waals surface area contributed by atoms with Crippen LogP contribution in [0.25, 0.3) is 0 Å². The predicted octanol–water partition coefficient (Wildman–Crippen LogP) is 10.6. The zero-order valence-electron chi connectivity index (χ0n) is 27.7. The molecule has 234 valence electrons. The number of aliphatic carboxylic acids is 1. The topological polar surface area (TPSA) is 40.1 Å². The highest BCUT2D eigenvalue weighted by molar-refractivity contribution is 5.64. The van der Waals surface area contributed by atoms with Crippen LogP contribution in [0.15, 0.2) is 12.2 Å². The molecule has 0 aromatic carbocycles. The number of quaternary nitrogens is 1. The van der Waals surface area contributed by atoms with E-state index in [9.17, 15) is 9.90 Å². The summed E-state index contributed by atoms with van der Waals surface area (Å²) >= 11 is 0. The number of hydrogen-bond donors (Lipinski definition) is 0. The Hall–Kier alpha value is -0.830. The van der Waals surface area contributed by atoms with Gasteiger partial charge in [0.1, 0.15) is 0 Å². The molecule has 3 nitrogen and oxygen atoms in total. The first-order valence-electron chi connectivity index (χ1n) is 17.7. The van der Waals surface area contributed by atoms with E-state index >= 15 is 0 Å². The second-order valence-corrected chi connectivity index (χ2v) is 12.1. The van der Waals surface area contributed by atoms with E-state index in [-0.39, 0.29) is 6.42 Å². The highest BCUT2D eigenvalue weighted by Crippen LogP contribution is 2.17. The van der Waals surface area contributed by atoms with Gasteiger partial charge in [0, 0.05) is 5.97 Å². The van der Waals surface area contributed by atoms with Gasteiger partial charge in [0.2, 0.25) is 0 Å². The first kappa shape index (κ1) is 40.3. The highest BCUT2D eigenvalue weighted by atomic mass is 16.4. The molecule has 0 radical (unpaired) electrons. The maximum Gasteiger partial charge on any atom is 0.0786 e. The lowest BCUT2D eigenvalue weighted by Gasteiger charge is -2.39. The molecule has 0 saturated carbocycles. The van der Waals surface area contributed by atoms with E-state index in [4.69, 9.17) is 0 Å². The number of nitrogens with zero attached hydrogens (tertiary/aromatic N) is 1. The van der Waals surface area contributed by atoms with Crippen LogP contribution in [-0.2, 0) is 4.79 Å². The Bertz CT molecular complexity index is 481. The number of hydrogen-bond acceptors (Lipinski definition) is 2. The lowest BCUT2D eigenvalue weighted by atomic mass is 10.1. The molecule has 0 spiro atoms. The second kappa shape index (κ2) is 33.4. The Labute approximate surface area is 247 Å². The average molecular weight is 552 g/mol. The van der Waals surface area contributed by atoms with Gasteiger partial charge in [0.15, 0.2) is 0 Å². The predicted molar refractivity (Wildman–Crippen MR) is 173 cm³/mol. The SMILES string of the molecule is CCCCCCCCC=CCCCCCCCC(=O)[O-].CCCCCC[N+](CCCC)(CCCC)CCCC. The molecular weight excluding hydrogens is 478 g/mol. The molecule has 0 heterocycles. The van der Waals surface area contributed by atoms with Crippen LogP contribution in [0.5, 0.6) is 0 Å². The molecule has 0 rings (SSSR count). The van der Waals surface area contributed by atoms with E-state index in [0.717, 1.165) is 19.3 Å². The number of unbranched alkanes of at least 4 members (excludes halogenated alkanes) is 17. The normalized spacial score (nSPS) is 11.6. The molecule has 0 aliphatic carbocycles. The minimum absolute atomic E-state index is 0.220. The van der Waals surface area contributed by atoms with E-state index in [0.29, 0.717) is 0 Å². The molecule has 0 aromatic rings. The van der Waals surface area contributed by atoms with Crippen LogP contribution in [-0.4, -0.2) is 36.6 Å². The molecule has 0 fully saturated rings. The molecule has 0 saturated heterocycles. The van der Waals surface area contributed by atoms with Crippen molar-refractivity contribution in [1.29, 1.82) is 0 Å². The Balaban J connectivity index is 0. The maximum atomic E-state index is 10.2. The van der Waals surface area contributed by atoms with E-state index in [1.165, 1.54) is 159 Å². The maximum absolute atomic E-state index is 10.2. The largest absolute Gasteiger partial charge is 0.550 e. The van der Waals surface area contributed by atoms with Crippen molar-refractivity contribution in [3.63, 3.8) is 0 Å². The molecule has 0 atom stereocenters. The minimum atomic E-state index is -0.914. The third-order valence-electron chi connectivity index (χ3n) is 8.09. The van der Waals surface area contributed by atoms with Gasteiger partial charge in [0.05, 0.1) is 26.2 Å². The summed E-state index contributed by atoms with van der Waals surface area (Å²) in [5.74, 6) is -0.914. The minimum Gasteiger partial charge on any atom is -0.550 e. The third kappa shape index (κ3) is 31.6. The Morgan fingerprint density at radius 3 is 1.21 bits per heavy atom. The average Bonchev–Trinajstić information content (AvgIpc) is 2.94. The summed E-state index contributed by atoms with van der Waals surface area (Å²) in [6.45, 7) is 17.3. The highest BCUT2D eigenvalue weighted by Gasteiger charge is 2.24. The van der Waals surface area contributed by atoms with Crippen molar-refractivity contribution < 1.29 is 14.4 Å². The molecular formula is C36H73NO2. The van der Waals surface area contributed by atoms with Gasteiger partial charge < -0.3 is 14.4 Å². The van der Waals surface area contributed by atoms with Crippen molar-refractivity contribution in [2.75, 3.05) is 26.2 Å². The summed E-state index contributed by atoms with van der Waals surface area (Å²) in [7, 11) is 0. The van der Waals surface area contributed by atoms with Crippen LogP contribution in [0.3, 0.4) is 0 Å². The van der Waals surface area contributed by atoms with Gasteiger partial charge in [-0.1, -0.05) is 130 Å². The quantitative estimate of drug-likeness (QED) is 0.0527. The van der Waals surface area contributed by atoms with Crippen LogP contribution < -0.4 is 5.11 Å². The van der Waals surface area contributed by atoms with E-state index in [1.54, 1.807) is 0 Å². The molecule has 0 aromatic heterocycles. The number of carbonyl (C=O) groups is 1. The smallest absolute Gasteiger partial charge is 0.0786 e. The van der Waals surface area contributed by atoms with Gasteiger partial charge in [-0.3, -0.25) is 0 Å². The molecule has 0 N–H and O–H groups in total. The van der Waals surface area contributed by atoms with Crippen molar-refractivity contribution in [3.8, 4) is 0 Å². The first-order valence-corrected chi connectivity index (χ1v) is 17.7. The van der Waals surface area contributed by atoms with Gasteiger partial charge in [0.25, 0.3) is 0 Å². The lowest BCUT2D eigenvalue weighted by molar-refractivity contribution is -0.929. The summed E-state index contributed by atoms with van der Waals surface area (Å²) < 4.78 is 1.43. The zero-order chi connectivity index (χ0) is 29.3. The fourth-order valence-electron chi connectivity index (χ4n) is 5.37. The molecule has 0 bridgehead atoms. The van der Waals surface area contributed by atoms with Gasteiger partial charge in [-0.2, -0.15) is 0 Å². The van der Waals surface area contributed by atoms with Crippen LogP contribution in [0.2, 0.25) is 0 Å². The molecule has 0 aliphatic heterocycles. The number of allylic oxidation sites excluding steroid dienone is 2. The number of carboxylic acids is 1. The van der Waals surface area contributed by atoms with Crippen molar-refractivity contribution in [1.82, 2.24) is 0 Å². The summed E-state index contributed by atoms with van der Waals surface area (Å²) in [5.41, 5.74) is 0. The van der Waals surface area contributed by atoms with E-state index in [1.807, 2.05) is 0 Å². The van der Waals surface area contributed by atoms with E-state index < -0.39 is 5.97 Å². The van der Waals surface area contributed by atoms with Crippen molar-refractivity contribution in [3.05, 3.63) is 12.2 Å². The zero-order valence-corrected chi connectivity index (χ0v) is 27.7. The molecule has 0 unspecified atom stereocenters. The van der Waals surface area contributed by atoms with Crippen LogP contribution in [0.4, 0.5) is 0 Å².